The Morgan fingerprint density at radius 3 is 2.00 bits per heavy atom. The van der Waals surface area contributed by atoms with Crippen LogP contribution < -0.4 is 4.74 Å². The molecule has 0 atom stereocenters. The van der Waals surface area contributed by atoms with Gasteiger partial charge in [-0.25, -0.2) is 0 Å². The number of benzene rings is 1. The van der Waals surface area contributed by atoms with Crippen LogP contribution in [-0.2, 0) is 6.54 Å². The smallest absolute Gasteiger partial charge is 0.118 e. The van der Waals surface area contributed by atoms with Crippen molar-refractivity contribution in [2.75, 3.05) is 28.3 Å². The van der Waals surface area contributed by atoms with Crippen molar-refractivity contribution >= 4 is 0 Å². The lowest BCUT2D eigenvalue weighted by atomic mass is 10.2. The zero-order valence-corrected chi connectivity index (χ0v) is 8.87. The molecule has 0 fully saturated rings. The Labute approximate surface area is 80.3 Å². The maximum atomic E-state index is 5.09. The number of hydrogen-bond acceptors (Lipinski definition) is 1. The Morgan fingerprint density at radius 1 is 1.08 bits per heavy atom. The molecule has 1 rings (SSSR count). The van der Waals surface area contributed by atoms with Crippen LogP contribution in [0, 0.1) is 0 Å². The van der Waals surface area contributed by atoms with Gasteiger partial charge in [-0.1, -0.05) is 0 Å². The number of nitrogens with zero attached hydrogens (tertiary/aromatic N) is 1. The van der Waals surface area contributed by atoms with Crippen molar-refractivity contribution in [2.24, 2.45) is 0 Å². The summed E-state index contributed by atoms with van der Waals surface area (Å²) >= 11 is 0. The van der Waals surface area contributed by atoms with Gasteiger partial charge in [-0.2, -0.15) is 0 Å². The van der Waals surface area contributed by atoms with Gasteiger partial charge >= 0.3 is 0 Å². The second-order valence-corrected chi connectivity index (χ2v) is 4.30. The molecule has 0 unspecified atom stereocenters. The Hall–Kier alpha value is -1.02. The summed E-state index contributed by atoms with van der Waals surface area (Å²) < 4.78 is 6.04. The molecular formula is C11H18NO+. The molecule has 1 aromatic carbocycles. The third kappa shape index (κ3) is 3.47. The lowest BCUT2D eigenvalue weighted by Gasteiger charge is -2.23. The van der Waals surface area contributed by atoms with Gasteiger partial charge in [0.05, 0.1) is 28.3 Å². The van der Waals surface area contributed by atoms with Crippen LogP contribution in [-0.4, -0.2) is 32.7 Å². The summed E-state index contributed by atoms with van der Waals surface area (Å²) in [6.07, 6.45) is 0. The lowest BCUT2D eigenvalue weighted by molar-refractivity contribution is -0.884. The molecule has 2 heteroatoms. The second kappa shape index (κ2) is 3.79. The molecule has 0 aliphatic rings. The van der Waals surface area contributed by atoms with Crippen molar-refractivity contribution in [1.29, 1.82) is 0 Å². The van der Waals surface area contributed by atoms with Gasteiger partial charge in [-0.15, -0.1) is 0 Å². The molecule has 0 saturated carbocycles. The SMILES string of the molecule is COc1ccc(C[N+](C)(C)C)cc1. The predicted molar refractivity (Wildman–Crippen MR) is 54.7 cm³/mol. The highest BCUT2D eigenvalue weighted by atomic mass is 16.5. The van der Waals surface area contributed by atoms with E-state index in [1.807, 2.05) is 12.1 Å². The van der Waals surface area contributed by atoms with Crippen LogP contribution in [0.2, 0.25) is 0 Å². The average Bonchev–Trinajstić information content (AvgIpc) is 2.03. The molecule has 72 valence electrons. The third-order valence-electron chi connectivity index (χ3n) is 1.82. The first-order valence-corrected chi connectivity index (χ1v) is 4.45. The van der Waals surface area contributed by atoms with Crippen LogP contribution in [0.25, 0.3) is 0 Å². The van der Waals surface area contributed by atoms with Gasteiger partial charge < -0.3 is 9.22 Å². The van der Waals surface area contributed by atoms with Crippen molar-refractivity contribution in [3.8, 4) is 5.75 Å². The Morgan fingerprint density at radius 2 is 1.62 bits per heavy atom. The summed E-state index contributed by atoms with van der Waals surface area (Å²) in [6.45, 7) is 1.05. The van der Waals surface area contributed by atoms with Gasteiger partial charge in [0.25, 0.3) is 0 Å². The van der Waals surface area contributed by atoms with E-state index in [-0.39, 0.29) is 0 Å². The molecule has 13 heavy (non-hydrogen) atoms. The van der Waals surface area contributed by atoms with Crippen LogP contribution in [0.15, 0.2) is 24.3 Å². The minimum atomic E-state index is 0.921. The fraction of sp³-hybridized carbons (Fsp3) is 0.455. The van der Waals surface area contributed by atoms with Crippen LogP contribution in [0.3, 0.4) is 0 Å². The monoisotopic (exact) mass is 180 g/mol. The summed E-state index contributed by atoms with van der Waals surface area (Å²) in [5.74, 6) is 0.921. The van der Waals surface area contributed by atoms with Gasteiger partial charge in [0.1, 0.15) is 12.3 Å². The molecule has 0 amide bonds. The molecule has 0 saturated heterocycles. The third-order valence-corrected chi connectivity index (χ3v) is 1.82. The lowest BCUT2D eigenvalue weighted by Crippen LogP contribution is -2.33. The number of hydrogen-bond donors (Lipinski definition) is 0. The highest BCUT2D eigenvalue weighted by Gasteiger charge is 2.07. The van der Waals surface area contributed by atoms with E-state index in [1.165, 1.54) is 5.56 Å². The highest BCUT2D eigenvalue weighted by molar-refractivity contribution is 5.26. The quantitative estimate of drug-likeness (QED) is 0.646. The number of rotatable bonds is 3. The molecule has 0 aliphatic heterocycles. The minimum Gasteiger partial charge on any atom is -0.497 e. The average molecular weight is 180 g/mol. The molecule has 1 aromatic rings. The molecule has 0 aromatic heterocycles. The highest BCUT2D eigenvalue weighted by Crippen LogP contribution is 2.13. The molecule has 0 bridgehead atoms. The van der Waals surface area contributed by atoms with Gasteiger partial charge in [-0.05, 0) is 24.3 Å². The van der Waals surface area contributed by atoms with Crippen molar-refractivity contribution in [3.05, 3.63) is 29.8 Å². The summed E-state index contributed by atoms with van der Waals surface area (Å²) in [4.78, 5) is 0. The van der Waals surface area contributed by atoms with Gasteiger partial charge in [0.2, 0.25) is 0 Å². The first-order valence-electron chi connectivity index (χ1n) is 4.45. The molecule has 2 nitrogen and oxygen atoms in total. The normalized spacial score (nSPS) is 11.4. The van der Waals surface area contributed by atoms with Crippen LogP contribution in [0.1, 0.15) is 5.56 Å². The van der Waals surface area contributed by atoms with Crippen molar-refractivity contribution in [2.45, 2.75) is 6.54 Å². The molecule has 0 N–H and O–H groups in total. The summed E-state index contributed by atoms with van der Waals surface area (Å²) in [6, 6.07) is 8.24. The van der Waals surface area contributed by atoms with E-state index in [1.54, 1.807) is 7.11 Å². The largest absolute Gasteiger partial charge is 0.497 e. The molecule has 0 heterocycles. The Balaban J connectivity index is 2.70. The summed E-state index contributed by atoms with van der Waals surface area (Å²) in [7, 11) is 8.24. The van der Waals surface area contributed by atoms with E-state index in [9.17, 15) is 0 Å². The van der Waals surface area contributed by atoms with E-state index in [2.05, 4.69) is 33.3 Å². The first-order chi connectivity index (χ1) is 6.01. The first kappa shape index (κ1) is 10.1. The van der Waals surface area contributed by atoms with Gasteiger partial charge in [-0.3, -0.25) is 0 Å². The second-order valence-electron chi connectivity index (χ2n) is 4.30. The summed E-state index contributed by atoms with van der Waals surface area (Å²) in [5.41, 5.74) is 1.34. The molecule has 0 spiro atoms. The zero-order valence-electron chi connectivity index (χ0n) is 8.87. The van der Waals surface area contributed by atoms with E-state index in [4.69, 9.17) is 4.74 Å². The Bertz CT molecular complexity index is 258. The van der Waals surface area contributed by atoms with Crippen molar-refractivity contribution in [1.82, 2.24) is 0 Å². The standard InChI is InChI=1S/C11H18NO/c1-12(2,3)9-10-5-7-11(13-4)8-6-10/h5-8H,9H2,1-4H3/q+1. The number of quaternary nitrogens is 1. The van der Waals surface area contributed by atoms with E-state index in [0.717, 1.165) is 16.8 Å². The minimum absolute atomic E-state index is 0.921. The zero-order chi connectivity index (χ0) is 9.90. The summed E-state index contributed by atoms with van der Waals surface area (Å²) in [5, 5.41) is 0. The molecular weight excluding hydrogens is 162 g/mol. The van der Waals surface area contributed by atoms with Crippen LogP contribution in [0.4, 0.5) is 0 Å². The van der Waals surface area contributed by atoms with Crippen LogP contribution in [0.5, 0.6) is 5.75 Å². The van der Waals surface area contributed by atoms with Crippen molar-refractivity contribution in [3.63, 3.8) is 0 Å². The Kier molecular flexibility index (Phi) is 2.94. The van der Waals surface area contributed by atoms with E-state index >= 15 is 0 Å². The fourth-order valence-electron chi connectivity index (χ4n) is 1.28. The predicted octanol–water partition coefficient (Wildman–Crippen LogP) is 1.90. The fourth-order valence-corrected chi connectivity index (χ4v) is 1.28. The van der Waals surface area contributed by atoms with E-state index in [0.29, 0.717) is 0 Å². The molecule has 0 aliphatic carbocycles. The number of ether oxygens (including phenoxy) is 1. The van der Waals surface area contributed by atoms with Crippen LogP contribution >= 0.6 is 0 Å². The maximum absolute atomic E-state index is 5.09. The van der Waals surface area contributed by atoms with Crippen molar-refractivity contribution < 1.29 is 9.22 Å². The topological polar surface area (TPSA) is 9.23 Å². The maximum Gasteiger partial charge on any atom is 0.118 e. The van der Waals surface area contributed by atoms with E-state index < -0.39 is 0 Å². The number of methoxy groups -OCH3 is 1. The van der Waals surface area contributed by atoms with Gasteiger partial charge in [0.15, 0.2) is 0 Å². The molecule has 0 radical (unpaired) electrons. The van der Waals surface area contributed by atoms with Gasteiger partial charge in [0, 0.05) is 5.56 Å².